The van der Waals surface area contributed by atoms with Crippen molar-refractivity contribution in [1.29, 1.82) is 0 Å². The van der Waals surface area contributed by atoms with Gasteiger partial charge < -0.3 is 10.2 Å². The third kappa shape index (κ3) is 5.08. The van der Waals surface area contributed by atoms with Crippen molar-refractivity contribution >= 4 is 34.8 Å². The number of amides is 2. The number of nitrogens with one attached hydrogen (secondary N) is 1. The molecule has 1 unspecified atom stereocenters. The van der Waals surface area contributed by atoms with Crippen molar-refractivity contribution in [3.8, 4) is 0 Å². The molecule has 0 saturated heterocycles. The molecular weight excluding hydrogens is 344 g/mol. The Morgan fingerprint density at radius 2 is 1.96 bits per heavy atom. The van der Waals surface area contributed by atoms with Gasteiger partial charge in [-0.15, -0.1) is 0 Å². The fraction of sp³-hybridized carbons (Fsp3) is 0.333. The first-order valence-electron chi connectivity index (χ1n) is 7.80. The van der Waals surface area contributed by atoms with Crippen LogP contribution in [-0.2, 0) is 4.79 Å². The van der Waals surface area contributed by atoms with Gasteiger partial charge in [0.1, 0.15) is 0 Å². The van der Waals surface area contributed by atoms with Crippen molar-refractivity contribution < 1.29 is 9.59 Å². The van der Waals surface area contributed by atoms with Crippen LogP contribution < -0.4 is 5.32 Å². The second-order valence-electron chi connectivity index (χ2n) is 5.60. The van der Waals surface area contributed by atoms with E-state index in [9.17, 15) is 9.59 Å². The molecule has 2 rings (SSSR count). The van der Waals surface area contributed by atoms with Gasteiger partial charge in [-0.05, 0) is 42.5 Å². The van der Waals surface area contributed by atoms with E-state index >= 15 is 0 Å². The highest BCUT2D eigenvalue weighted by molar-refractivity contribution is 7.08. The van der Waals surface area contributed by atoms with E-state index in [1.54, 1.807) is 18.0 Å². The van der Waals surface area contributed by atoms with Gasteiger partial charge in [-0.25, -0.2) is 0 Å². The second-order valence-corrected chi connectivity index (χ2v) is 6.82. The van der Waals surface area contributed by atoms with Crippen LogP contribution in [-0.4, -0.2) is 30.3 Å². The summed E-state index contributed by atoms with van der Waals surface area (Å²) in [6, 6.07) is 9.27. The summed E-state index contributed by atoms with van der Waals surface area (Å²) in [6.45, 7) is 2.48. The average Bonchev–Trinajstić information content (AvgIpc) is 3.12. The van der Waals surface area contributed by atoms with Gasteiger partial charge in [0, 0.05) is 36.0 Å². The van der Waals surface area contributed by atoms with E-state index in [0.29, 0.717) is 30.0 Å². The van der Waals surface area contributed by atoms with Crippen molar-refractivity contribution in [2.24, 2.45) is 0 Å². The molecule has 2 aromatic rings. The number of carbonyl (C=O) groups is 2. The van der Waals surface area contributed by atoms with Gasteiger partial charge in [0.2, 0.25) is 5.91 Å². The lowest BCUT2D eigenvalue weighted by atomic mass is 10.1. The van der Waals surface area contributed by atoms with Crippen molar-refractivity contribution in [3.05, 3.63) is 57.2 Å². The molecule has 0 radical (unpaired) electrons. The molecule has 0 spiro atoms. The predicted octanol–water partition coefficient (Wildman–Crippen LogP) is 4.13. The number of nitrogens with zero attached hydrogens (tertiary/aromatic N) is 1. The summed E-state index contributed by atoms with van der Waals surface area (Å²) in [5.41, 5.74) is 1.71. The summed E-state index contributed by atoms with van der Waals surface area (Å²) >= 11 is 7.38. The van der Waals surface area contributed by atoms with Crippen LogP contribution >= 0.6 is 22.9 Å². The molecule has 4 nitrogen and oxygen atoms in total. The van der Waals surface area contributed by atoms with Crippen molar-refractivity contribution in [3.63, 3.8) is 0 Å². The molecule has 1 heterocycles. The fourth-order valence-corrected chi connectivity index (χ4v) is 3.06. The normalized spacial score (nSPS) is 11.8. The van der Waals surface area contributed by atoms with Crippen LogP contribution in [0, 0.1) is 0 Å². The maximum absolute atomic E-state index is 12.3. The van der Waals surface area contributed by atoms with E-state index in [1.807, 2.05) is 41.9 Å². The van der Waals surface area contributed by atoms with E-state index < -0.39 is 0 Å². The number of thiophene rings is 1. The first-order chi connectivity index (χ1) is 11.5. The minimum Gasteiger partial charge on any atom is -0.352 e. The zero-order valence-electron chi connectivity index (χ0n) is 13.8. The van der Waals surface area contributed by atoms with E-state index in [0.717, 1.165) is 5.56 Å². The zero-order valence-corrected chi connectivity index (χ0v) is 15.4. The summed E-state index contributed by atoms with van der Waals surface area (Å²) in [4.78, 5) is 25.8. The Bertz CT molecular complexity index is 671. The molecule has 1 atom stereocenters. The fourth-order valence-electron chi connectivity index (χ4n) is 2.29. The monoisotopic (exact) mass is 364 g/mol. The number of carbonyl (C=O) groups excluding carboxylic acids is 2. The lowest BCUT2D eigenvalue weighted by Crippen LogP contribution is -2.31. The average molecular weight is 365 g/mol. The first kappa shape index (κ1) is 18.5. The van der Waals surface area contributed by atoms with Crippen molar-refractivity contribution in [1.82, 2.24) is 10.2 Å². The molecule has 0 saturated carbocycles. The predicted molar refractivity (Wildman–Crippen MR) is 98.5 cm³/mol. The SMILES string of the molecule is CC(c1ccc(Cl)cc1)N(C)C(=O)CCCNC(=O)c1ccsc1. The molecule has 6 heteroatoms. The molecule has 1 aromatic carbocycles. The Morgan fingerprint density at radius 3 is 2.58 bits per heavy atom. The summed E-state index contributed by atoms with van der Waals surface area (Å²) < 4.78 is 0. The molecule has 0 aliphatic heterocycles. The zero-order chi connectivity index (χ0) is 17.5. The summed E-state index contributed by atoms with van der Waals surface area (Å²) in [5, 5.41) is 7.18. The molecule has 2 amide bonds. The molecule has 128 valence electrons. The lowest BCUT2D eigenvalue weighted by Gasteiger charge is -2.25. The van der Waals surface area contributed by atoms with Gasteiger partial charge in [0.05, 0.1) is 6.04 Å². The largest absolute Gasteiger partial charge is 0.352 e. The molecule has 0 fully saturated rings. The van der Waals surface area contributed by atoms with Crippen molar-refractivity contribution in [2.75, 3.05) is 13.6 Å². The van der Waals surface area contributed by atoms with Crippen LogP contribution in [0.3, 0.4) is 0 Å². The Hall–Kier alpha value is -1.85. The van der Waals surface area contributed by atoms with Crippen LogP contribution in [0.25, 0.3) is 0 Å². The Labute approximate surface area is 151 Å². The Morgan fingerprint density at radius 1 is 1.25 bits per heavy atom. The molecule has 1 N–H and O–H groups in total. The summed E-state index contributed by atoms with van der Waals surface area (Å²) in [7, 11) is 1.80. The lowest BCUT2D eigenvalue weighted by molar-refractivity contribution is -0.131. The highest BCUT2D eigenvalue weighted by Gasteiger charge is 2.17. The highest BCUT2D eigenvalue weighted by Crippen LogP contribution is 2.21. The molecular formula is C18H21ClN2O2S. The van der Waals surface area contributed by atoms with Gasteiger partial charge in [-0.2, -0.15) is 11.3 Å². The molecule has 0 aliphatic carbocycles. The molecule has 24 heavy (non-hydrogen) atoms. The number of benzene rings is 1. The number of hydrogen-bond donors (Lipinski definition) is 1. The molecule has 0 bridgehead atoms. The van der Waals surface area contributed by atoms with Crippen LogP contribution in [0.15, 0.2) is 41.1 Å². The van der Waals surface area contributed by atoms with Crippen LogP contribution in [0.1, 0.15) is 41.7 Å². The first-order valence-corrected chi connectivity index (χ1v) is 9.12. The number of halogens is 1. The maximum Gasteiger partial charge on any atom is 0.252 e. The standard InChI is InChI=1S/C18H21ClN2O2S/c1-13(14-5-7-16(19)8-6-14)21(2)17(22)4-3-10-20-18(23)15-9-11-24-12-15/h5-9,11-13H,3-4,10H2,1-2H3,(H,20,23). The molecule has 0 aliphatic rings. The van der Waals surface area contributed by atoms with E-state index in [1.165, 1.54) is 11.3 Å². The van der Waals surface area contributed by atoms with Crippen molar-refractivity contribution in [2.45, 2.75) is 25.8 Å². The van der Waals surface area contributed by atoms with Gasteiger partial charge in [-0.3, -0.25) is 9.59 Å². The van der Waals surface area contributed by atoms with Crippen LogP contribution in [0.4, 0.5) is 0 Å². The van der Waals surface area contributed by atoms with E-state index in [2.05, 4.69) is 5.32 Å². The van der Waals surface area contributed by atoms with E-state index in [4.69, 9.17) is 11.6 Å². The third-order valence-corrected chi connectivity index (χ3v) is 4.90. The third-order valence-electron chi connectivity index (χ3n) is 3.96. The number of hydrogen-bond acceptors (Lipinski definition) is 3. The van der Waals surface area contributed by atoms with Gasteiger partial charge in [0.15, 0.2) is 0 Å². The Balaban J connectivity index is 1.75. The maximum atomic E-state index is 12.3. The van der Waals surface area contributed by atoms with Crippen LogP contribution in [0.2, 0.25) is 5.02 Å². The highest BCUT2D eigenvalue weighted by atomic mass is 35.5. The van der Waals surface area contributed by atoms with Gasteiger partial charge in [-0.1, -0.05) is 23.7 Å². The summed E-state index contributed by atoms with van der Waals surface area (Å²) in [6.07, 6.45) is 1.02. The van der Waals surface area contributed by atoms with Gasteiger partial charge in [0.25, 0.3) is 5.91 Å². The topological polar surface area (TPSA) is 49.4 Å². The minimum absolute atomic E-state index is 0.0184. The minimum atomic E-state index is -0.0911. The summed E-state index contributed by atoms with van der Waals surface area (Å²) in [5.74, 6) is -0.0335. The van der Waals surface area contributed by atoms with Crippen LogP contribution in [0.5, 0.6) is 0 Å². The van der Waals surface area contributed by atoms with Gasteiger partial charge >= 0.3 is 0 Å². The smallest absolute Gasteiger partial charge is 0.252 e. The Kier molecular flexibility index (Phi) is 6.82. The second kappa shape index (κ2) is 8.85. The number of rotatable bonds is 7. The quantitative estimate of drug-likeness (QED) is 0.751. The van der Waals surface area contributed by atoms with E-state index in [-0.39, 0.29) is 17.9 Å². The molecule has 1 aromatic heterocycles.